The maximum absolute atomic E-state index is 13.1. The molecule has 0 unspecified atom stereocenters. The summed E-state index contributed by atoms with van der Waals surface area (Å²) in [6, 6.07) is 3.47. The van der Waals surface area contributed by atoms with Crippen molar-refractivity contribution in [1.82, 2.24) is 0 Å². The molecule has 0 amide bonds. The highest BCUT2D eigenvalue weighted by atomic mass is 35.5. The van der Waals surface area contributed by atoms with Gasteiger partial charge in [0.15, 0.2) is 0 Å². The minimum Gasteiger partial charge on any atom is -0.397 e. The fourth-order valence-corrected chi connectivity index (χ4v) is 1.97. The topological polar surface area (TPSA) is 29.3 Å². The largest absolute Gasteiger partial charge is 0.397 e. The van der Waals surface area contributed by atoms with Crippen LogP contribution in [0.5, 0.6) is 0 Å². The van der Waals surface area contributed by atoms with E-state index in [4.69, 9.17) is 17.3 Å². The molecule has 0 heterocycles. The standard InChI is InChI=1S/C11H14ClFN2/c1-2-15(7-3-4-7)11-5-8(12)9(13)6-10(11)14/h5-7H,2-4,14H2,1H3. The molecule has 0 aliphatic heterocycles. The van der Waals surface area contributed by atoms with E-state index in [1.54, 1.807) is 6.07 Å². The smallest absolute Gasteiger partial charge is 0.143 e. The van der Waals surface area contributed by atoms with Crippen molar-refractivity contribution in [3.63, 3.8) is 0 Å². The third-order valence-corrected chi connectivity index (χ3v) is 3.00. The van der Waals surface area contributed by atoms with Gasteiger partial charge in [-0.05, 0) is 25.8 Å². The fourth-order valence-electron chi connectivity index (χ4n) is 1.81. The maximum Gasteiger partial charge on any atom is 0.143 e. The molecule has 0 saturated heterocycles. The molecule has 82 valence electrons. The van der Waals surface area contributed by atoms with E-state index in [-0.39, 0.29) is 5.02 Å². The molecule has 1 aromatic rings. The molecule has 0 atom stereocenters. The Labute approximate surface area is 93.8 Å². The van der Waals surface area contributed by atoms with Crippen LogP contribution >= 0.6 is 11.6 Å². The normalized spacial score (nSPS) is 15.4. The van der Waals surface area contributed by atoms with Crippen molar-refractivity contribution in [2.24, 2.45) is 0 Å². The summed E-state index contributed by atoms with van der Waals surface area (Å²) < 4.78 is 13.1. The van der Waals surface area contributed by atoms with Crippen molar-refractivity contribution >= 4 is 23.0 Å². The summed E-state index contributed by atoms with van der Waals surface area (Å²) in [7, 11) is 0. The van der Waals surface area contributed by atoms with Gasteiger partial charge in [0.05, 0.1) is 16.4 Å². The van der Waals surface area contributed by atoms with Gasteiger partial charge < -0.3 is 10.6 Å². The molecule has 0 aromatic heterocycles. The molecule has 1 fully saturated rings. The molecular weight excluding hydrogens is 215 g/mol. The van der Waals surface area contributed by atoms with E-state index < -0.39 is 5.82 Å². The van der Waals surface area contributed by atoms with E-state index in [9.17, 15) is 4.39 Å². The first-order valence-electron chi connectivity index (χ1n) is 5.14. The van der Waals surface area contributed by atoms with Crippen LogP contribution in [0, 0.1) is 5.82 Å². The van der Waals surface area contributed by atoms with Crippen LogP contribution in [0.1, 0.15) is 19.8 Å². The molecular formula is C11H14ClFN2. The lowest BCUT2D eigenvalue weighted by molar-refractivity contribution is 0.628. The van der Waals surface area contributed by atoms with Crippen LogP contribution in [0.15, 0.2) is 12.1 Å². The summed E-state index contributed by atoms with van der Waals surface area (Å²) >= 11 is 5.75. The van der Waals surface area contributed by atoms with Crippen molar-refractivity contribution in [3.8, 4) is 0 Å². The Kier molecular flexibility index (Phi) is 2.74. The van der Waals surface area contributed by atoms with Gasteiger partial charge in [-0.25, -0.2) is 4.39 Å². The number of nitrogens with zero attached hydrogens (tertiary/aromatic N) is 1. The average Bonchev–Trinajstić information content (AvgIpc) is 2.99. The second kappa shape index (κ2) is 3.89. The molecule has 1 aliphatic carbocycles. The van der Waals surface area contributed by atoms with E-state index in [0.717, 1.165) is 12.2 Å². The number of hydrogen-bond acceptors (Lipinski definition) is 2. The SMILES string of the molecule is CCN(c1cc(Cl)c(F)cc1N)C1CC1. The number of rotatable bonds is 3. The molecule has 1 saturated carbocycles. The third kappa shape index (κ3) is 2.02. The monoisotopic (exact) mass is 228 g/mol. The highest BCUT2D eigenvalue weighted by molar-refractivity contribution is 6.31. The predicted molar refractivity (Wildman–Crippen MR) is 61.9 cm³/mol. The van der Waals surface area contributed by atoms with Gasteiger partial charge in [-0.1, -0.05) is 11.6 Å². The molecule has 4 heteroatoms. The number of halogens is 2. The maximum atomic E-state index is 13.1. The second-order valence-corrected chi connectivity index (χ2v) is 4.25. The molecule has 1 aliphatic rings. The summed E-state index contributed by atoms with van der Waals surface area (Å²) in [6.45, 7) is 2.94. The van der Waals surface area contributed by atoms with Gasteiger partial charge in [-0.2, -0.15) is 0 Å². The van der Waals surface area contributed by atoms with Gasteiger partial charge in [0, 0.05) is 18.7 Å². The van der Waals surface area contributed by atoms with E-state index in [0.29, 0.717) is 11.7 Å². The van der Waals surface area contributed by atoms with Crippen LogP contribution in [0.4, 0.5) is 15.8 Å². The van der Waals surface area contributed by atoms with Gasteiger partial charge in [0.2, 0.25) is 0 Å². The first-order chi connectivity index (χ1) is 7.13. The van der Waals surface area contributed by atoms with E-state index in [1.807, 2.05) is 0 Å². The number of anilines is 2. The van der Waals surface area contributed by atoms with Gasteiger partial charge in [0.25, 0.3) is 0 Å². The highest BCUT2D eigenvalue weighted by Crippen LogP contribution is 2.36. The Balaban J connectivity index is 2.37. The van der Waals surface area contributed by atoms with Crippen molar-refractivity contribution < 1.29 is 4.39 Å². The van der Waals surface area contributed by atoms with Crippen LogP contribution in [-0.4, -0.2) is 12.6 Å². The van der Waals surface area contributed by atoms with Crippen LogP contribution in [0.3, 0.4) is 0 Å². The van der Waals surface area contributed by atoms with E-state index >= 15 is 0 Å². The van der Waals surface area contributed by atoms with Gasteiger partial charge in [-0.15, -0.1) is 0 Å². The second-order valence-electron chi connectivity index (χ2n) is 3.84. The first kappa shape index (κ1) is 10.6. The molecule has 2 N–H and O–H groups in total. The molecule has 0 radical (unpaired) electrons. The fraction of sp³-hybridized carbons (Fsp3) is 0.455. The summed E-state index contributed by atoms with van der Waals surface area (Å²) in [5.41, 5.74) is 7.11. The minimum absolute atomic E-state index is 0.137. The predicted octanol–water partition coefficient (Wildman–Crippen LogP) is 3.05. The Morgan fingerprint density at radius 2 is 2.20 bits per heavy atom. The summed E-state index contributed by atoms with van der Waals surface area (Å²) in [5, 5.41) is 0.137. The number of benzene rings is 1. The van der Waals surface area contributed by atoms with Crippen LogP contribution in [-0.2, 0) is 0 Å². The van der Waals surface area contributed by atoms with Crippen molar-refractivity contribution in [2.75, 3.05) is 17.2 Å². The Hall–Kier alpha value is -0.960. The van der Waals surface area contributed by atoms with Crippen molar-refractivity contribution in [1.29, 1.82) is 0 Å². The van der Waals surface area contributed by atoms with E-state index in [2.05, 4.69) is 11.8 Å². The summed E-state index contributed by atoms with van der Waals surface area (Å²) in [5.74, 6) is -0.454. The van der Waals surface area contributed by atoms with Gasteiger partial charge in [-0.3, -0.25) is 0 Å². The lowest BCUT2D eigenvalue weighted by Crippen LogP contribution is -2.26. The molecule has 1 aromatic carbocycles. The van der Waals surface area contributed by atoms with Crippen LogP contribution < -0.4 is 10.6 Å². The first-order valence-corrected chi connectivity index (χ1v) is 5.52. The molecule has 2 rings (SSSR count). The third-order valence-electron chi connectivity index (χ3n) is 2.71. The zero-order valence-corrected chi connectivity index (χ0v) is 9.39. The molecule has 0 bridgehead atoms. The Bertz CT molecular complexity index is 377. The Morgan fingerprint density at radius 3 is 2.73 bits per heavy atom. The Morgan fingerprint density at radius 1 is 1.53 bits per heavy atom. The summed E-state index contributed by atoms with van der Waals surface area (Å²) in [4.78, 5) is 2.18. The van der Waals surface area contributed by atoms with Crippen LogP contribution in [0.2, 0.25) is 5.02 Å². The number of nitrogens with two attached hydrogens (primary N) is 1. The number of nitrogen functional groups attached to an aromatic ring is 1. The zero-order valence-electron chi connectivity index (χ0n) is 8.63. The zero-order chi connectivity index (χ0) is 11.0. The molecule has 0 spiro atoms. The van der Waals surface area contributed by atoms with E-state index in [1.165, 1.54) is 18.9 Å². The quantitative estimate of drug-likeness (QED) is 0.806. The van der Waals surface area contributed by atoms with Crippen molar-refractivity contribution in [2.45, 2.75) is 25.8 Å². The number of hydrogen-bond donors (Lipinski definition) is 1. The molecule has 2 nitrogen and oxygen atoms in total. The average molecular weight is 229 g/mol. The minimum atomic E-state index is -0.454. The molecule has 15 heavy (non-hydrogen) atoms. The van der Waals surface area contributed by atoms with Crippen LogP contribution in [0.25, 0.3) is 0 Å². The van der Waals surface area contributed by atoms with Gasteiger partial charge >= 0.3 is 0 Å². The highest BCUT2D eigenvalue weighted by Gasteiger charge is 2.29. The lowest BCUT2D eigenvalue weighted by Gasteiger charge is -2.24. The van der Waals surface area contributed by atoms with Crippen molar-refractivity contribution in [3.05, 3.63) is 23.0 Å². The van der Waals surface area contributed by atoms with Gasteiger partial charge in [0.1, 0.15) is 5.82 Å². The lowest BCUT2D eigenvalue weighted by atomic mass is 10.2. The summed E-state index contributed by atoms with van der Waals surface area (Å²) in [6.07, 6.45) is 2.37.